The highest BCUT2D eigenvalue weighted by atomic mass is 35.5. The van der Waals surface area contributed by atoms with Crippen LogP contribution in [0.4, 0.5) is 0 Å². The Bertz CT molecular complexity index is 383. The molecule has 0 aliphatic carbocycles. The van der Waals surface area contributed by atoms with Crippen molar-refractivity contribution in [3.05, 3.63) is 34.9 Å². The first-order valence-corrected chi connectivity index (χ1v) is 5.67. The van der Waals surface area contributed by atoms with Gasteiger partial charge < -0.3 is 10.5 Å². The van der Waals surface area contributed by atoms with Crippen molar-refractivity contribution in [3.63, 3.8) is 0 Å². The van der Waals surface area contributed by atoms with Crippen molar-refractivity contribution >= 4 is 17.4 Å². The monoisotopic (exact) mass is 239 g/mol. The van der Waals surface area contributed by atoms with Crippen LogP contribution in [0.5, 0.6) is 0 Å². The zero-order valence-corrected chi connectivity index (χ0v) is 9.67. The number of carbonyl (C=O) groups excluding carboxylic acids is 1. The first-order valence-electron chi connectivity index (χ1n) is 5.29. The zero-order chi connectivity index (χ0) is 11.6. The van der Waals surface area contributed by atoms with Gasteiger partial charge in [-0.15, -0.1) is 0 Å². The van der Waals surface area contributed by atoms with Gasteiger partial charge in [0.25, 0.3) is 0 Å². The first-order chi connectivity index (χ1) is 7.62. The van der Waals surface area contributed by atoms with Crippen LogP contribution in [0.2, 0.25) is 5.02 Å². The van der Waals surface area contributed by atoms with Crippen LogP contribution >= 0.6 is 11.6 Å². The van der Waals surface area contributed by atoms with E-state index in [1.807, 2.05) is 0 Å². The van der Waals surface area contributed by atoms with Crippen molar-refractivity contribution in [2.24, 2.45) is 5.73 Å². The Morgan fingerprint density at radius 2 is 1.81 bits per heavy atom. The molecule has 16 heavy (non-hydrogen) atoms. The van der Waals surface area contributed by atoms with E-state index in [0.29, 0.717) is 36.6 Å². The number of rotatable bonds is 2. The van der Waals surface area contributed by atoms with E-state index in [1.165, 1.54) is 0 Å². The number of hydrogen-bond acceptors (Lipinski definition) is 3. The Kier molecular flexibility index (Phi) is 3.28. The molecule has 1 aliphatic rings. The Balaban J connectivity index is 2.20. The summed E-state index contributed by atoms with van der Waals surface area (Å²) in [5.41, 5.74) is 5.96. The number of ketones is 1. The first kappa shape index (κ1) is 11.6. The van der Waals surface area contributed by atoms with E-state index in [2.05, 4.69) is 0 Å². The molecule has 2 rings (SSSR count). The topological polar surface area (TPSA) is 52.3 Å². The molecular weight excluding hydrogens is 226 g/mol. The lowest BCUT2D eigenvalue weighted by Gasteiger charge is -2.31. The summed E-state index contributed by atoms with van der Waals surface area (Å²) >= 11 is 5.77. The molecule has 0 atom stereocenters. The van der Waals surface area contributed by atoms with Crippen LogP contribution in [-0.4, -0.2) is 24.5 Å². The van der Waals surface area contributed by atoms with E-state index in [9.17, 15) is 4.79 Å². The number of Topliss-reactive ketones (excluding diaryl/α,β-unsaturated/α-hetero) is 1. The maximum atomic E-state index is 12.2. The quantitative estimate of drug-likeness (QED) is 0.804. The molecule has 2 N–H and O–H groups in total. The number of carbonyl (C=O) groups is 1. The molecule has 3 nitrogen and oxygen atoms in total. The van der Waals surface area contributed by atoms with Crippen molar-refractivity contribution in [2.75, 3.05) is 13.2 Å². The molecule has 1 aromatic rings. The Morgan fingerprint density at radius 1 is 1.25 bits per heavy atom. The molecule has 1 fully saturated rings. The number of hydrogen-bond donors (Lipinski definition) is 1. The third-order valence-electron chi connectivity index (χ3n) is 2.94. The largest absolute Gasteiger partial charge is 0.381 e. The van der Waals surface area contributed by atoms with Gasteiger partial charge in [0.05, 0.1) is 5.54 Å². The van der Waals surface area contributed by atoms with Crippen LogP contribution in [0.15, 0.2) is 24.3 Å². The molecule has 0 spiro atoms. The van der Waals surface area contributed by atoms with Crippen molar-refractivity contribution in [2.45, 2.75) is 18.4 Å². The average Bonchev–Trinajstić information content (AvgIpc) is 2.30. The number of halogens is 1. The Labute approximate surface area is 99.5 Å². The van der Waals surface area contributed by atoms with Crippen LogP contribution in [0.1, 0.15) is 23.2 Å². The molecule has 0 unspecified atom stereocenters. The van der Waals surface area contributed by atoms with Crippen molar-refractivity contribution in [1.82, 2.24) is 0 Å². The molecule has 1 saturated heterocycles. The van der Waals surface area contributed by atoms with Gasteiger partial charge in [-0.25, -0.2) is 0 Å². The summed E-state index contributed by atoms with van der Waals surface area (Å²) in [6.45, 7) is 1.10. The summed E-state index contributed by atoms with van der Waals surface area (Å²) in [5, 5.41) is 0.620. The minimum atomic E-state index is -0.772. The minimum absolute atomic E-state index is 0.0209. The second-order valence-corrected chi connectivity index (χ2v) is 4.54. The molecule has 86 valence electrons. The third-order valence-corrected chi connectivity index (χ3v) is 3.20. The van der Waals surface area contributed by atoms with Gasteiger partial charge >= 0.3 is 0 Å². The van der Waals surface area contributed by atoms with Crippen LogP contribution in [0.25, 0.3) is 0 Å². The average molecular weight is 240 g/mol. The number of ether oxygens (including phenoxy) is 1. The summed E-state index contributed by atoms with van der Waals surface area (Å²) in [6.07, 6.45) is 1.16. The standard InChI is InChI=1S/C12H14ClNO2/c13-10-3-1-9(2-4-10)11(15)12(14)5-7-16-8-6-12/h1-4H,5-8,14H2. The maximum absolute atomic E-state index is 12.2. The number of nitrogens with two attached hydrogens (primary N) is 1. The Morgan fingerprint density at radius 3 is 2.38 bits per heavy atom. The van der Waals surface area contributed by atoms with Gasteiger partial charge in [0.1, 0.15) is 0 Å². The smallest absolute Gasteiger partial charge is 0.182 e. The van der Waals surface area contributed by atoms with E-state index < -0.39 is 5.54 Å². The van der Waals surface area contributed by atoms with Gasteiger partial charge in [-0.2, -0.15) is 0 Å². The second kappa shape index (κ2) is 4.53. The van der Waals surface area contributed by atoms with Crippen molar-refractivity contribution in [3.8, 4) is 0 Å². The lowest BCUT2D eigenvalue weighted by atomic mass is 9.83. The van der Waals surface area contributed by atoms with Gasteiger partial charge in [-0.1, -0.05) is 11.6 Å². The molecule has 0 saturated carbocycles. The minimum Gasteiger partial charge on any atom is -0.381 e. The molecule has 0 amide bonds. The van der Waals surface area contributed by atoms with Gasteiger partial charge in [0, 0.05) is 23.8 Å². The molecule has 0 bridgehead atoms. The van der Waals surface area contributed by atoms with Crippen LogP contribution < -0.4 is 5.73 Å². The molecule has 1 aromatic carbocycles. The van der Waals surface area contributed by atoms with Crippen LogP contribution in [0, 0.1) is 0 Å². The molecule has 1 heterocycles. The SMILES string of the molecule is NC1(C(=O)c2ccc(Cl)cc2)CCOCC1. The molecular formula is C12H14ClNO2. The lowest BCUT2D eigenvalue weighted by Crippen LogP contribution is -2.51. The normalized spacial score (nSPS) is 19.4. The fourth-order valence-corrected chi connectivity index (χ4v) is 1.98. The highest BCUT2D eigenvalue weighted by Gasteiger charge is 2.36. The number of benzene rings is 1. The van der Waals surface area contributed by atoms with Crippen LogP contribution in [-0.2, 0) is 4.74 Å². The Hall–Kier alpha value is -0.900. The summed E-state index contributed by atoms with van der Waals surface area (Å²) < 4.78 is 5.22. The molecule has 1 aliphatic heterocycles. The summed E-state index contributed by atoms with van der Waals surface area (Å²) in [5.74, 6) is -0.0209. The van der Waals surface area contributed by atoms with Gasteiger partial charge in [-0.05, 0) is 37.1 Å². The molecule has 0 radical (unpaired) electrons. The highest BCUT2D eigenvalue weighted by Crippen LogP contribution is 2.23. The zero-order valence-electron chi connectivity index (χ0n) is 8.91. The fraction of sp³-hybridized carbons (Fsp3) is 0.417. The van der Waals surface area contributed by atoms with Gasteiger partial charge in [-0.3, -0.25) is 4.79 Å². The van der Waals surface area contributed by atoms with E-state index in [4.69, 9.17) is 22.1 Å². The molecule has 0 aromatic heterocycles. The fourth-order valence-electron chi connectivity index (χ4n) is 1.85. The van der Waals surface area contributed by atoms with E-state index >= 15 is 0 Å². The van der Waals surface area contributed by atoms with E-state index in [0.717, 1.165) is 0 Å². The summed E-state index contributed by atoms with van der Waals surface area (Å²) in [6, 6.07) is 6.85. The third kappa shape index (κ3) is 2.26. The lowest BCUT2D eigenvalue weighted by molar-refractivity contribution is 0.0448. The molecule has 4 heteroatoms. The second-order valence-electron chi connectivity index (χ2n) is 4.10. The predicted molar refractivity (Wildman–Crippen MR) is 62.8 cm³/mol. The predicted octanol–water partition coefficient (Wildman–Crippen LogP) is 2.03. The maximum Gasteiger partial charge on any atom is 0.182 e. The van der Waals surface area contributed by atoms with Crippen LogP contribution in [0.3, 0.4) is 0 Å². The van der Waals surface area contributed by atoms with Gasteiger partial charge in [0.2, 0.25) is 0 Å². The summed E-state index contributed by atoms with van der Waals surface area (Å²) in [7, 11) is 0. The van der Waals surface area contributed by atoms with Crippen molar-refractivity contribution in [1.29, 1.82) is 0 Å². The summed E-state index contributed by atoms with van der Waals surface area (Å²) in [4.78, 5) is 12.2. The van der Waals surface area contributed by atoms with E-state index in [1.54, 1.807) is 24.3 Å². The van der Waals surface area contributed by atoms with Crippen molar-refractivity contribution < 1.29 is 9.53 Å². The van der Waals surface area contributed by atoms with E-state index in [-0.39, 0.29) is 5.78 Å². The highest BCUT2D eigenvalue weighted by molar-refractivity contribution is 6.30. The van der Waals surface area contributed by atoms with Gasteiger partial charge in [0.15, 0.2) is 5.78 Å².